The van der Waals surface area contributed by atoms with Crippen LogP contribution in [0.25, 0.3) is 0 Å². The highest BCUT2D eigenvalue weighted by Gasteiger charge is 2.25. The van der Waals surface area contributed by atoms with Crippen LogP contribution in [0, 0.1) is 5.41 Å². The van der Waals surface area contributed by atoms with E-state index in [1.807, 2.05) is 17.6 Å². The second kappa shape index (κ2) is 9.82. The first-order valence-corrected chi connectivity index (χ1v) is 6.05. The van der Waals surface area contributed by atoms with Gasteiger partial charge >= 0.3 is 12.2 Å². The lowest BCUT2D eigenvalue weighted by Gasteiger charge is -2.27. The molecule has 0 radical (unpaired) electrons. The Kier molecular flexibility index (Phi) is 9.96. The number of hydrogen-bond donors (Lipinski definition) is 4. The summed E-state index contributed by atoms with van der Waals surface area (Å²) in [6.07, 6.45) is 1.56. The maximum Gasteiger partial charge on any atom is 0.404 e. The molecule has 116 valence electrons. The van der Waals surface area contributed by atoms with E-state index in [1.165, 1.54) is 19.7 Å². The van der Waals surface area contributed by atoms with Crippen LogP contribution in [0.15, 0.2) is 11.6 Å². The first-order chi connectivity index (χ1) is 9.03. The number of hydrogen-bond acceptors (Lipinski definition) is 3. The van der Waals surface area contributed by atoms with Crippen LogP contribution in [0.5, 0.6) is 0 Å². The molecule has 0 unspecified atom stereocenters. The average molecular weight is 288 g/mol. The maximum absolute atomic E-state index is 11.0. The van der Waals surface area contributed by atoms with E-state index in [0.29, 0.717) is 6.42 Å². The van der Waals surface area contributed by atoms with Crippen LogP contribution in [0.1, 0.15) is 33.6 Å². The van der Waals surface area contributed by atoms with Gasteiger partial charge in [0, 0.05) is 20.5 Å². The van der Waals surface area contributed by atoms with Gasteiger partial charge in [0.2, 0.25) is 0 Å². The second-order valence-electron chi connectivity index (χ2n) is 5.09. The van der Waals surface area contributed by atoms with Gasteiger partial charge in [-0.05, 0) is 24.8 Å². The van der Waals surface area contributed by atoms with Crippen molar-refractivity contribution >= 4 is 18.0 Å². The van der Waals surface area contributed by atoms with Gasteiger partial charge in [-0.25, -0.2) is 9.59 Å². The van der Waals surface area contributed by atoms with Gasteiger partial charge < -0.3 is 20.8 Å². The van der Waals surface area contributed by atoms with Crippen LogP contribution in [0.2, 0.25) is 0 Å². The third-order valence-electron chi connectivity index (χ3n) is 2.25. The standard InChI is InChI=1S/C9H14O.2C2H5NO2/c1-7-4-8(10)6-9(2,3)5-7;2*1-3-2(4)5/h4H,5-6H2,1-3H3;2*3H,1H3,(H,4,5). The normalized spacial score (nSPS) is 15.4. The van der Waals surface area contributed by atoms with Crippen LogP contribution >= 0.6 is 0 Å². The zero-order valence-corrected chi connectivity index (χ0v) is 12.6. The number of allylic oxidation sites excluding steroid dienone is 2. The lowest BCUT2D eigenvalue weighted by molar-refractivity contribution is -0.117. The highest BCUT2D eigenvalue weighted by molar-refractivity contribution is 5.91. The smallest absolute Gasteiger partial charge is 0.404 e. The molecule has 20 heavy (non-hydrogen) atoms. The van der Waals surface area contributed by atoms with Gasteiger partial charge in [0.1, 0.15) is 0 Å². The summed E-state index contributed by atoms with van der Waals surface area (Å²) in [5, 5.41) is 19.1. The monoisotopic (exact) mass is 288 g/mol. The Bertz CT molecular complexity index is 361. The summed E-state index contributed by atoms with van der Waals surface area (Å²) in [7, 11) is 2.70. The van der Waals surface area contributed by atoms with Crippen molar-refractivity contribution in [1.29, 1.82) is 0 Å². The summed E-state index contributed by atoms with van der Waals surface area (Å²) in [5.74, 6) is 0.286. The molecule has 0 aromatic heterocycles. The summed E-state index contributed by atoms with van der Waals surface area (Å²) in [6.45, 7) is 6.31. The summed E-state index contributed by atoms with van der Waals surface area (Å²) in [4.78, 5) is 29.5. The molecule has 1 aliphatic carbocycles. The molecule has 7 heteroatoms. The average Bonchev–Trinajstić information content (AvgIpc) is 2.27. The van der Waals surface area contributed by atoms with Crippen molar-refractivity contribution in [2.75, 3.05) is 14.1 Å². The minimum atomic E-state index is -0.995. The van der Waals surface area contributed by atoms with Crippen molar-refractivity contribution in [1.82, 2.24) is 10.6 Å². The largest absolute Gasteiger partial charge is 0.465 e. The van der Waals surface area contributed by atoms with Crippen LogP contribution < -0.4 is 10.6 Å². The first kappa shape index (κ1) is 20.3. The predicted molar refractivity (Wildman–Crippen MR) is 75.9 cm³/mol. The molecule has 0 fully saturated rings. The van der Waals surface area contributed by atoms with E-state index in [1.54, 1.807) is 6.08 Å². The fourth-order valence-electron chi connectivity index (χ4n) is 1.67. The molecule has 0 saturated carbocycles. The summed E-state index contributed by atoms with van der Waals surface area (Å²) >= 11 is 0. The Hall–Kier alpha value is -2.05. The second-order valence-corrected chi connectivity index (χ2v) is 5.09. The molecule has 0 bridgehead atoms. The van der Waals surface area contributed by atoms with Crippen molar-refractivity contribution in [2.24, 2.45) is 5.41 Å². The van der Waals surface area contributed by atoms with Gasteiger partial charge in [-0.1, -0.05) is 19.4 Å². The van der Waals surface area contributed by atoms with E-state index in [2.05, 4.69) is 13.8 Å². The summed E-state index contributed by atoms with van der Waals surface area (Å²) in [6, 6.07) is 0. The Morgan fingerprint density at radius 1 is 1.10 bits per heavy atom. The number of carbonyl (C=O) groups excluding carboxylic acids is 1. The molecule has 7 nitrogen and oxygen atoms in total. The molecule has 0 saturated heterocycles. The molecule has 0 aromatic rings. The molecule has 0 aliphatic heterocycles. The molecular formula is C13H24N2O5. The minimum absolute atomic E-state index is 0.204. The minimum Gasteiger partial charge on any atom is -0.465 e. The number of carboxylic acid groups (broad SMARTS) is 2. The molecular weight excluding hydrogens is 264 g/mol. The Balaban J connectivity index is 0. The quantitative estimate of drug-likeness (QED) is 0.544. The van der Waals surface area contributed by atoms with E-state index >= 15 is 0 Å². The molecule has 0 heterocycles. The van der Waals surface area contributed by atoms with Gasteiger partial charge in [-0.2, -0.15) is 0 Å². The van der Waals surface area contributed by atoms with Crippen LogP contribution in [-0.4, -0.2) is 42.3 Å². The lowest BCUT2D eigenvalue weighted by atomic mass is 9.77. The molecule has 0 aromatic carbocycles. The Morgan fingerprint density at radius 2 is 1.45 bits per heavy atom. The van der Waals surface area contributed by atoms with Gasteiger partial charge in [-0.15, -0.1) is 0 Å². The van der Waals surface area contributed by atoms with E-state index < -0.39 is 12.2 Å². The Morgan fingerprint density at radius 3 is 1.65 bits per heavy atom. The topological polar surface area (TPSA) is 116 Å². The molecule has 1 rings (SSSR count). The highest BCUT2D eigenvalue weighted by atomic mass is 16.4. The van der Waals surface area contributed by atoms with Crippen LogP contribution in [0.3, 0.4) is 0 Å². The third-order valence-corrected chi connectivity index (χ3v) is 2.25. The number of carbonyl (C=O) groups is 3. The fourth-order valence-corrected chi connectivity index (χ4v) is 1.67. The number of rotatable bonds is 0. The van der Waals surface area contributed by atoms with Crippen molar-refractivity contribution < 1.29 is 24.6 Å². The van der Waals surface area contributed by atoms with Crippen molar-refractivity contribution in [2.45, 2.75) is 33.6 Å². The van der Waals surface area contributed by atoms with Crippen LogP contribution in [-0.2, 0) is 4.79 Å². The van der Waals surface area contributed by atoms with E-state index in [0.717, 1.165) is 6.42 Å². The molecule has 4 N–H and O–H groups in total. The van der Waals surface area contributed by atoms with Gasteiger partial charge in [-0.3, -0.25) is 4.79 Å². The van der Waals surface area contributed by atoms with E-state index in [-0.39, 0.29) is 11.2 Å². The fraction of sp³-hybridized carbons (Fsp3) is 0.615. The number of nitrogens with one attached hydrogen (secondary N) is 2. The zero-order valence-electron chi connectivity index (χ0n) is 12.6. The Labute approximate surface area is 119 Å². The maximum atomic E-state index is 11.0. The summed E-state index contributed by atoms with van der Waals surface area (Å²) in [5.41, 5.74) is 1.43. The SMILES string of the molecule is CC1=CC(=O)CC(C)(C)C1.CNC(=O)O.CNC(=O)O. The molecule has 2 amide bonds. The van der Waals surface area contributed by atoms with Gasteiger partial charge in [0.25, 0.3) is 0 Å². The molecule has 0 spiro atoms. The first-order valence-electron chi connectivity index (χ1n) is 6.05. The van der Waals surface area contributed by atoms with Crippen molar-refractivity contribution in [3.63, 3.8) is 0 Å². The highest BCUT2D eigenvalue weighted by Crippen LogP contribution is 2.32. The zero-order chi connectivity index (χ0) is 16.3. The third kappa shape index (κ3) is 14.0. The van der Waals surface area contributed by atoms with Crippen LogP contribution in [0.4, 0.5) is 9.59 Å². The molecule has 0 atom stereocenters. The van der Waals surface area contributed by atoms with E-state index in [4.69, 9.17) is 10.2 Å². The van der Waals surface area contributed by atoms with Crippen molar-refractivity contribution in [3.05, 3.63) is 11.6 Å². The lowest BCUT2D eigenvalue weighted by Crippen LogP contribution is -2.20. The van der Waals surface area contributed by atoms with Crippen molar-refractivity contribution in [3.8, 4) is 0 Å². The summed E-state index contributed by atoms with van der Waals surface area (Å²) < 4.78 is 0. The number of ketones is 1. The van der Waals surface area contributed by atoms with E-state index in [9.17, 15) is 14.4 Å². The predicted octanol–water partition coefficient (Wildman–Crippen LogP) is 2.09. The van der Waals surface area contributed by atoms with Gasteiger partial charge in [0.05, 0.1) is 0 Å². The number of amides is 2. The van der Waals surface area contributed by atoms with Gasteiger partial charge in [0.15, 0.2) is 5.78 Å². The molecule has 1 aliphatic rings.